The summed E-state index contributed by atoms with van der Waals surface area (Å²) >= 11 is 11.9. The molecule has 0 radical (unpaired) electrons. The second kappa shape index (κ2) is 7.29. The number of benzene rings is 4. The largest absolute Gasteiger partial charge is 0.456 e. The molecule has 0 amide bonds. The lowest BCUT2D eigenvalue weighted by atomic mass is 9.97. The molecule has 7 aromatic rings. The van der Waals surface area contributed by atoms with E-state index in [1.165, 1.54) is 0 Å². The second-order valence-electron chi connectivity index (χ2n) is 8.00. The van der Waals surface area contributed by atoms with Crippen molar-refractivity contribution in [2.75, 3.05) is 0 Å². The number of para-hydroxylation sites is 1. The van der Waals surface area contributed by atoms with Crippen LogP contribution in [0.25, 0.3) is 66.4 Å². The van der Waals surface area contributed by atoms with E-state index in [0.29, 0.717) is 5.82 Å². The minimum absolute atomic E-state index is 0.0455. The van der Waals surface area contributed by atoms with Gasteiger partial charge in [0.05, 0.1) is 0 Å². The third-order valence-corrected chi connectivity index (χ3v) is 6.36. The van der Waals surface area contributed by atoms with E-state index in [1.807, 2.05) is 54.6 Å². The van der Waals surface area contributed by atoms with Crippen molar-refractivity contribution in [2.24, 2.45) is 0 Å². The zero-order valence-electron chi connectivity index (χ0n) is 17.4. The number of hydrogen-bond donors (Lipinski definition) is 0. The van der Waals surface area contributed by atoms with E-state index in [9.17, 15) is 0 Å². The number of nitrogens with zero attached hydrogens (tertiary/aromatic N) is 3. The van der Waals surface area contributed by atoms with Gasteiger partial charge < -0.3 is 8.83 Å². The molecule has 5 nitrogen and oxygen atoms in total. The second-order valence-corrected chi connectivity index (χ2v) is 8.67. The van der Waals surface area contributed by atoms with Gasteiger partial charge in [-0.3, -0.25) is 0 Å². The summed E-state index contributed by atoms with van der Waals surface area (Å²) in [6, 6.07) is 26.3. The SMILES string of the molecule is Clc1nc(Cl)nc(-c2ccc3c(c2)oc2cccc(-c4ccc5oc6ccccc6c5c4)c23)n1. The van der Waals surface area contributed by atoms with Crippen molar-refractivity contribution in [2.45, 2.75) is 0 Å². The topological polar surface area (TPSA) is 65.0 Å². The number of halogens is 2. The van der Waals surface area contributed by atoms with Gasteiger partial charge in [0.25, 0.3) is 0 Å². The Balaban J connectivity index is 1.44. The van der Waals surface area contributed by atoms with Gasteiger partial charge in [-0.1, -0.05) is 42.5 Å². The van der Waals surface area contributed by atoms with Gasteiger partial charge in [0, 0.05) is 27.1 Å². The highest BCUT2D eigenvalue weighted by Gasteiger charge is 2.16. The van der Waals surface area contributed by atoms with Crippen molar-refractivity contribution >= 4 is 67.1 Å². The molecule has 3 aromatic heterocycles. The molecule has 7 heteroatoms. The van der Waals surface area contributed by atoms with Gasteiger partial charge in [-0.2, -0.15) is 15.0 Å². The highest BCUT2D eigenvalue weighted by Crippen LogP contribution is 2.39. The average molecular weight is 482 g/mol. The van der Waals surface area contributed by atoms with Crippen molar-refractivity contribution in [1.82, 2.24) is 15.0 Å². The Bertz CT molecular complexity index is 1890. The predicted octanol–water partition coefficient (Wildman–Crippen LogP) is 8.31. The molecular weight excluding hydrogens is 469 g/mol. The summed E-state index contributed by atoms with van der Waals surface area (Å²) in [4.78, 5) is 12.2. The summed E-state index contributed by atoms with van der Waals surface area (Å²) in [5.41, 5.74) is 6.19. The maximum absolute atomic E-state index is 6.22. The van der Waals surface area contributed by atoms with E-state index in [4.69, 9.17) is 32.0 Å². The Morgan fingerprint density at radius 2 is 1.26 bits per heavy atom. The van der Waals surface area contributed by atoms with Crippen LogP contribution in [0.4, 0.5) is 0 Å². The van der Waals surface area contributed by atoms with E-state index in [0.717, 1.165) is 60.6 Å². The average Bonchev–Trinajstić information content (AvgIpc) is 3.40. The maximum atomic E-state index is 6.22. The molecule has 0 fully saturated rings. The summed E-state index contributed by atoms with van der Waals surface area (Å²) < 4.78 is 12.2. The van der Waals surface area contributed by atoms with Gasteiger partial charge in [-0.25, -0.2) is 0 Å². The van der Waals surface area contributed by atoms with Crippen LogP contribution in [0.5, 0.6) is 0 Å². The molecule has 0 saturated carbocycles. The summed E-state index contributed by atoms with van der Waals surface area (Å²) in [5.74, 6) is 0.393. The highest BCUT2D eigenvalue weighted by molar-refractivity contribution is 6.31. The fraction of sp³-hybridized carbons (Fsp3) is 0. The highest BCUT2D eigenvalue weighted by atomic mass is 35.5. The first-order chi connectivity index (χ1) is 16.6. The number of rotatable bonds is 2. The molecule has 0 atom stereocenters. The lowest BCUT2D eigenvalue weighted by molar-refractivity contribution is 0.669. The Morgan fingerprint density at radius 1 is 0.529 bits per heavy atom. The van der Waals surface area contributed by atoms with Crippen LogP contribution in [0.15, 0.2) is 87.7 Å². The van der Waals surface area contributed by atoms with Crippen molar-refractivity contribution in [3.63, 3.8) is 0 Å². The van der Waals surface area contributed by atoms with Crippen LogP contribution in [0.2, 0.25) is 10.6 Å². The number of hydrogen-bond acceptors (Lipinski definition) is 5. The van der Waals surface area contributed by atoms with Crippen molar-refractivity contribution in [1.29, 1.82) is 0 Å². The van der Waals surface area contributed by atoms with Crippen LogP contribution >= 0.6 is 23.2 Å². The molecular formula is C27H13Cl2N3O2. The van der Waals surface area contributed by atoms with Crippen LogP contribution in [0.1, 0.15) is 0 Å². The minimum atomic E-state index is 0.0455. The van der Waals surface area contributed by atoms with Crippen LogP contribution in [0.3, 0.4) is 0 Å². The minimum Gasteiger partial charge on any atom is -0.456 e. The van der Waals surface area contributed by atoms with Gasteiger partial charge in [-0.15, -0.1) is 0 Å². The molecule has 0 aliphatic carbocycles. The predicted molar refractivity (Wildman–Crippen MR) is 135 cm³/mol. The first-order valence-electron chi connectivity index (χ1n) is 10.6. The third-order valence-electron chi connectivity index (χ3n) is 6.02. The van der Waals surface area contributed by atoms with Gasteiger partial charge in [0.15, 0.2) is 5.82 Å². The molecule has 0 spiro atoms. The summed E-state index contributed by atoms with van der Waals surface area (Å²) in [5, 5.41) is 4.32. The Hall–Kier alpha value is -3.93. The molecule has 7 rings (SSSR count). The standard InChI is InChI=1S/C27H13Cl2N3O2/c28-26-30-25(31-27(29)32-26)15-8-10-18-23(13-15)34-22-7-3-5-16(24(18)22)14-9-11-21-19(12-14)17-4-1-2-6-20(17)33-21/h1-13H. The smallest absolute Gasteiger partial charge is 0.227 e. The summed E-state index contributed by atoms with van der Waals surface area (Å²) in [7, 11) is 0. The Labute approximate surface area is 202 Å². The molecule has 34 heavy (non-hydrogen) atoms. The quantitative estimate of drug-likeness (QED) is 0.248. The molecule has 0 saturated heterocycles. The molecule has 0 bridgehead atoms. The molecule has 0 aliphatic heterocycles. The fourth-order valence-corrected chi connectivity index (χ4v) is 4.92. The van der Waals surface area contributed by atoms with E-state index >= 15 is 0 Å². The fourth-order valence-electron chi connectivity index (χ4n) is 4.55. The first-order valence-corrected chi connectivity index (χ1v) is 11.3. The van der Waals surface area contributed by atoms with Crippen LogP contribution in [-0.2, 0) is 0 Å². The molecule has 162 valence electrons. The number of fused-ring (bicyclic) bond motifs is 6. The van der Waals surface area contributed by atoms with Crippen molar-refractivity contribution in [3.05, 3.63) is 89.4 Å². The van der Waals surface area contributed by atoms with Gasteiger partial charge in [0.1, 0.15) is 22.3 Å². The molecule has 0 N–H and O–H groups in total. The third kappa shape index (κ3) is 2.98. The van der Waals surface area contributed by atoms with Gasteiger partial charge >= 0.3 is 0 Å². The number of furan rings is 2. The van der Waals surface area contributed by atoms with Crippen LogP contribution < -0.4 is 0 Å². The van der Waals surface area contributed by atoms with Crippen molar-refractivity contribution < 1.29 is 8.83 Å². The van der Waals surface area contributed by atoms with E-state index in [-0.39, 0.29) is 10.6 Å². The summed E-state index contributed by atoms with van der Waals surface area (Å²) in [6.07, 6.45) is 0. The van der Waals surface area contributed by atoms with Crippen LogP contribution in [-0.4, -0.2) is 15.0 Å². The van der Waals surface area contributed by atoms with Gasteiger partial charge in [0.2, 0.25) is 10.6 Å². The molecule has 0 unspecified atom stereocenters. The molecule has 4 aromatic carbocycles. The summed E-state index contributed by atoms with van der Waals surface area (Å²) in [6.45, 7) is 0. The lowest BCUT2D eigenvalue weighted by Gasteiger charge is -2.05. The van der Waals surface area contributed by atoms with Crippen LogP contribution in [0, 0.1) is 0 Å². The lowest BCUT2D eigenvalue weighted by Crippen LogP contribution is -1.93. The maximum Gasteiger partial charge on any atom is 0.227 e. The van der Waals surface area contributed by atoms with Crippen molar-refractivity contribution in [3.8, 4) is 22.5 Å². The first kappa shape index (κ1) is 19.5. The zero-order chi connectivity index (χ0) is 22.8. The van der Waals surface area contributed by atoms with E-state index < -0.39 is 0 Å². The van der Waals surface area contributed by atoms with E-state index in [1.54, 1.807) is 0 Å². The monoisotopic (exact) mass is 481 g/mol. The molecule has 3 heterocycles. The van der Waals surface area contributed by atoms with E-state index in [2.05, 4.69) is 39.2 Å². The zero-order valence-corrected chi connectivity index (χ0v) is 18.9. The molecule has 0 aliphatic rings. The number of aromatic nitrogens is 3. The Kier molecular flexibility index (Phi) is 4.19. The van der Waals surface area contributed by atoms with Gasteiger partial charge in [-0.05, 0) is 70.7 Å². The normalized spacial score (nSPS) is 11.8. The Morgan fingerprint density at radius 3 is 2.15 bits per heavy atom.